The van der Waals surface area contributed by atoms with Gasteiger partial charge in [0.15, 0.2) is 0 Å². The zero-order chi connectivity index (χ0) is 18.2. The topological polar surface area (TPSA) is 90.9 Å². The van der Waals surface area contributed by atoms with Crippen LogP contribution in [-0.2, 0) is 14.4 Å². The van der Waals surface area contributed by atoms with Gasteiger partial charge in [0, 0.05) is 25.3 Å². The molecular weight excluding hydrogens is 320 g/mol. The summed E-state index contributed by atoms with van der Waals surface area (Å²) < 4.78 is 0. The molecule has 7 heteroatoms. The summed E-state index contributed by atoms with van der Waals surface area (Å²) in [5.74, 6) is -0.752. The van der Waals surface area contributed by atoms with Crippen LogP contribution in [0.25, 0.3) is 0 Å². The lowest BCUT2D eigenvalue weighted by Crippen LogP contribution is -2.40. The molecule has 1 aliphatic heterocycles. The van der Waals surface area contributed by atoms with Crippen LogP contribution in [0.2, 0.25) is 0 Å². The molecule has 2 N–H and O–H groups in total. The molecule has 0 radical (unpaired) electrons. The minimum Gasteiger partial charge on any atom is -0.352 e. The lowest BCUT2D eigenvalue weighted by atomic mass is 10.1. The van der Waals surface area contributed by atoms with Gasteiger partial charge in [-0.3, -0.25) is 14.4 Å². The zero-order valence-corrected chi connectivity index (χ0v) is 14.6. The molecule has 0 bridgehead atoms. The minimum absolute atomic E-state index is 0.0258. The summed E-state index contributed by atoms with van der Waals surface area (Å²) in [5, 5.41) is 11.0. The quantitative estimate of drug-likeness (QED) is 0.774. The molecule has 7 nitrogen and oxygen atoms in total. The Hall–Kier alpha value is -2.70. The van der Waals surface area contributed by atoms with E-state index in [0.29, 0.717) is 13.0 Å². The van der Waals surface area contributed by atoms with E-state index in [0.717, 1.165) is 11.3 Å². The second-order valence-corrected chi connectivity index (χ2v) is 6.18. The number of nitrogens with zero attached hydrogens (tertiary/aromatic N) is 2. The van der Waals surface area contributed by atoms with E-state index in [9.17, 15) is 14.4 Å². The van der Waals surface area contributed by atoms with Crippen molar-refractivity contribution in [3.05, 3.63) is 35.9 Å². The maximum Gasteiger partial charge on any atom is 0.243 e. The van der Waals surface area contributed by atoms with Crippen LogP contribution in [0.4, 0.5) is 0 Å². The summed E-state index contributed by atoms with van der Waals surface area (Å²) in [4.78, 5) is 35.4. The highest BCUT2D eigenvalue weighted by Crippen LogP contribution is 2.14. The van der Waals surface area contributed by atoms with Gasteiger partial charge in [-0.1, -0.05) is 30.3 Å². The smallest absolute Gasteiger partial charge is 0.243 e. The van der Waals surface area contributed by atoms with Gasteiger partial charge in [0.2, 0.25) is 17.7 Å². The normalized spacial score (nSPS) is 13.6. The minimum atomic E-state index is -0.321. The number of hydrogen-bond acceptors (Lipinski definition) is 4. The van der Waals surface area contributed by atoms with E-state index in [1.54, 1.807) is 0 Å². The van der Waals surface area contributed by atoms with Crippen LogP contribution in [0, 0.1) is 0 Å². The van der Waals surface area contributed by atoms with Crippen LogP contribution >= 0.6 is 0 Å². The first-order valence-corrected chi connectivity index (χ1v) is 8.45. The molecule has 1 aromatic carbocycles. The van der Waals surface area contributed by atoms with Gasteiger partial charge < -0.3 is 10.6 Å². The second kappa shape index (κ2) is 8.96. The van der Waals surface area contributed by atoms with Crippen LogP contribution < -0.4 is 10.6 Å². The number of hydrogen-bond donors (Lipinski definition) is 2. The summed E-state index contributed by atoms with van der Waals surface area (Å²) in [7, 11) is 0. The molecule has 2 rings (SSSR count). The van der Waals surface area contributed by atoms with Crippen molar-refractivity contribution in [2.45, 2.75) is 39.2 Å². The maximum absolute atomic E-state index is 12.2. The highest BCUT2D eigenvalue weighted by molar-refractivity contribution is 6.02. The van der Waals surface area contributed by atoms with Crippen LogP contribution in [0.3, 0.4) is 0 Å². The van der Waals surface area contributed by atoms with Crippen molar-refractivity contribution in [3.63, 3.8) is 0 Å². The molecule has 0 saturated carbocycles. The van der Waals surface area contributed by atoms with E-state index in [4.69, 9.17) is 0 Å². The third-order valence-electron chi connectivity index (χ3n) is 3.66. The van der Waals surface area contributed by atoms with E-state index in [1.165, 1.54) is 5.01 Å². The third kappa shape index (κ3) is 6.02. The predicted molar refractivity (Wildman–Crippen MR) is 94.8 cm³/mol. The zero-order valence-electron chi connectivity index (χ0n) is 14.6. The lowest BCUT2D eigenvalue weighted by Gasteiger charge is -2.12. The first kappa shape index (κ1) is 18.6. The number of carbonyl (C=O) groups excluding carboxylic acids is 3. The van der Waals surface area contributed by atoms with Crippen molar-refractivity contribution < 1.29 is 14.4 Å². The highest BCUT2D eigenvalue weighted by atomic mass is 16.2. The average molecular weight is 344 g/mol. The lowest BCUT2D eigenvalue weighted by molar-refractivity contribution is -0.133. The Kier molecular flexibility index (Phi) is 6.68. The van der Waals surface area contributed by atoms with Crippen LogP contribution in [0.1, 0.15) is 38.7 Å². The fourth-order valence-electron chi connectivity index (χ4n) is 2.46. The monoisotopic (exact) mass is 344 g/mol. The summed E-state index contributed by atoms with van der Waals surface area (Å²) in [5.41, 5.74) is 1.88. The average Bonchev–Trinajstić information content (AvgIpc) is 3.08. The molecule has 1 aliphatic rings. The first-order chi connectivity index (χ1) is 12.0. The van der Waals surface area contributed by atoms with Gasteiger partial charge in [-0.05, 0) is 19.4 Å². The van der Waals surface area contributed by atoms with Gasteiger partial charge in [0.1, 0.15) is 0 Å². The number of rotatable bonds is 7. The molecule has 0 saturated heterocycles. The van der Waals surface area contributed by atoms with Gasteiger partial charge in [0.05, 0.1) is 18.8 Å². The maximum atomic E-state index is 12.2. The van der Waals surface area contributed by atoms with Crippen molar-refractivity contribution in [1.29, 1.82) is 0 Å². The Morgan fingerprint density at radius 3 is 2.52 bits per heavy atom. The number of carbonyl (C=O) groups is 3. The molecular formula is C18H24N4O3. The molecule has 0 fully saturated rings. The van der Waals surface area contributed by atoms with Crippen molar-refractivity contribution >= 4 is 23.4 Å². The van der Waals surface area contributed by atoms with Gasteiger partial charge in [0.25, 0.3) is 0 Å². The molecule has 0 atom stereocenters. The Labute approximate surface area is 147 Å². The Bertz CT molecular complexity index is 656. The van der Waals surface area contributed by atoms with Crippen molar-refractivity contribution in [3.8, 4) is 0 Å². The molecule has 0 unspecified atom stereocenters. The fraction of sp³-hybridized carbons (Fsp3) is 0.444. The summed E-state index contributed by atoms with van der Waals surface area (Å²) in [6.45, 7) is 4.14. The van der Waals surface area contributed by atoms with Crippen LogP contribution in [0.15, 0.2) is 35.4 Å². The summed E-state index contributed by atoms with van der Waals surface area (Å²) >= 11 is 0. The highest BCUT2D eigenvalue weighted by Gasteiger charge is 2.21. The molecule has 25 heavy (non-hydrogen) atoms. The fourth-order valence-corrected chi connectivity index (χ4v) is 2.46. The number of benzene rings is 1. The Balaban J connectivity index is 1.74. The number of amides is 3. The Morgan fingerprint density at radius 2 is 1.84 bits per heavy atom. The van der Waals surface area contributed by atoms with Crippen molar-refractivity contribution in [2.75, 3.05) is 13.1 Å². The van der Waals surface area contributed by atoms with Crippen molar-refractivity contribution in [2.24, 2.45) is 5.10 Å². The summed E-state index contributed by atoms with van der Waals surface area (Å²) in [6, 6.07) is 9.75. The number of hydrazone groups is 1. The SMILES string of the molecule is CC(C)NC(=O)CNC(=O)CCC(=O)N1CCC(c2ccccc2)=N1. The van der Waals surface area contributed by atoms with Crippen molar-refractivity contribution in [1.82, 2.24) is 15.6 Å². The van der Waals surface area contributed by atoms with E-state index >= 15 is 0 Å². The van der Waals surface area contributed by atoms with E-state index < -0.39 is 0 Å². The molecule has 1 aromatic rings. The number of nitrogens with one attached hydrogen (secondary N) is 2. The molecule has 0 aliphatic carbocycles. The Morgan fingerprint density at radius 1 is 1.12 bits per heavy atom. The third-order valence-corrected chi connectivity index (χ3v) is 3.66. The van der Waals surface area contributed by atoms with Crippen LogP contribution in [0.5, 0.6) is 0 Å². The standard InChI is InChI=1S/C18H24N4O3/c1-13(2)20-17(24)12-19-16(23)8-9-18(25)22-11-10-15(21-22)14-6-4-3-5-7-14/h3-7,13H,8-12H2,1-2H3,(H,19,23)(H,20,24). The van der Waals surface area contributed by atoms with E-state index in [1.807, 2.05) is 44.2 Å². The molecule has 0 spiro atoms. The summed E-state index contributed by atoms with van der Waals surface area (Å²) in [6.07, 6.45) is 0.820. The van der Waals surface area contributed by atoms with E-state index in [2.05, 4.69) is 15.7 Å². The van der Waals surface area contributed by atoms with Crippen LogP contribution in [-0.4, -0.2) is 47.6 Å². The molecule has 134 valence electrons. The van der Waals surface area contributed by atoms with Gasteiger partial charge in [-0.15, -0.1) is 0 Å². The van der Waals surface area contributed by atoms with Gasteiger partial charge >= 0.3 is 0 Å². The van der Waals surface area contributed by atoms with E-state index in [-0.39, 0.29) is 43.1 Å². The second-order valence-electron chi connectivity index (χ2n) is 6.18. The molecule has 0 aromatic heterocycles. The van der Waals surface area contributed by atoms with Gasteiger partial charge in [-0.2, -0.15) is 5.10 Å². The largest absolute Gasteiger partial charge is 0.352 e. The predicted octanol–water partition coefficient (Wildman–Crippen LogP) is 1.04. The molecule has 1 heterocycles. The first-order valence-electron chi connectivity index (χ1n) is 8.45. The molecule has 3 amide bonds. The van der Waals surface area contributed by atoms with Gasteiger partial charge in [-0.25, -0.2) is 5.01 Å².